The number of ether oxygens (including phenoxy) is 2. The Morgan fingerprint density at radius 3 is 0.900 bits per heavy atom. The molecule has 21 heteroatoms. The van der Waals surface area contributed by atoms with Crippen LogP contribution >= 0.6 is 0 Å². The average Bonchev–Trinajstić information content (AvgIpc) is 1.60. The van der Waals surface area contributed by atoms with E-state index in [-0.39, 0.29) is 94.3 Å². The summed E-state index contributed by atoms with van der Waals surface area (Å²) in [5.74, 6) is -3.80. The number of para-hydroxylation sites is 6. The normalized spacial score (nSPS) is 11.4. The number of esters is 2. The van der Waals surface area contributed by atoms with Gasteiger partial charge in [0.15, 0.2) is 17.3 Å². The minimum Gasteiger partial charge on any atom is -0.419 e. The lowest BCUT2D eigenvalue weighted by Crippen LogP contribution is -2.30. The summed E-state index contributed by atoms with van der Waals surface area (Å²) in [6.45, 7) is 14.0. The minimum absolute atomic E-state index is 0.0126. The Hall–Kier alpha value is -12.9. The molecule has 0 spiro atoms. The van der Waals surface area contributed by atoms with Gasteiger partial charge in [0.05, 0.1) is 65.8 Å². The van der Waals surface area contributed by atoms with Crippen LogP contribution in [0.15, 0.2) is 251 Å². The summed E-state index contributed by atoms with van der Waals surface area (Å²) in [6.07, 6.45) is 1.09. The number of rotatable bonds is 15. The fourth-order valence-electron chi connectivity index (χ4n) is 10.9. The molecule has 0 aliphatic carbocycles. The zero-order chi connectivity index (χ0) is 63.0. The van der Waals surface area contributed by atoms with Crippen molar-refractivity contribution in [3.05, 3.63) is 302 Å². The van der Waals surface area contributed by atoms with Gasteiger partial charge in [-0.2, -0.15) is 15.0 Å². The fraction of sp³-hybridized carbons (Fsp3) is 0.0290. The molecular weight excluding hydrogens is 1150 g/mol. The second kappa shape index (κ2) is 21.9. The monoisotopic (exact) mass is 1190 g/mol. The first-order chi connectivity index (χ1) is 43.4. The van der Waals surface area contributed by atoms with Gasteiger partial charge in [-0.25, -0.2) is 27.9 Å². The van der Waals surface area contributed by atoms with Crippen LogP contribution in [-0.4, -0.2) is 45.2 Å². The second-order valence-electron chi connectivity index (χ2n) is 20.8. The third-order valence-electron chi connectivity index (χ3n) is 15.0. The van der Waals surface area contributed by atoms with E-state index in [1.165, 1.54) is 26.0 Å². The van der Waals surface area contributed by atoms with Crippen LogP contribution in [0.25, 0.3) is 72.4 Å². The number of aromatic nitrogens is 7. The van der Waals surface area contributed by atoms with Crippen molar-refractivity contribution >= 4 is 95.2 Å². The van der Waals surface area contributed by atoms with Crippen molar-refractivity contribution in [3.8, 4) is 34.8 Å². The number of benzene rings is 8. The Morgan fingerprint density at radius 2 is 0.644 bits per heavy atom. The molecule has 8 aromatic carbocycles. The largest absolute Gasteiger partial charge is 0.419 e. The highest BCUT2D eigenvalue weighted by molar-refractivity contribution is 6.01. The van der Waals surface area contributed by atoms with Crippen molar-refractivity contribution in [2.45, 2.75) is 13.8 Å². The van der Waals surface area contributed by atoms with E-state index in [0.717, 1.165) is 39.5 Å². The molecule has 90 heavy (non-hydrogen) atoms. The summed E-state index contributed by atoms with van der Waals surface area (Å²) in [5.41, 5.74) is -5.27. The van der Waals surface area contributed by atoms with Crippen LogP contribution in [0.2, 0.25) is 0 Å². The van der Waals surface area contributed by atoms with Gasteiger partial charge in [0.2, 0.25) is 11.9 Å². The number of nitrogens with zero attached hydrogens (tertiary/aromatic N) is 9. The van der Waals surface area contributed by atoms with Crippen LogP contribution in [0, 0.1) is 0 Å². The topological polar surface area (TPSA) is 254 Å². The molecule has 436 valence electrons. The second-order valence-corrected chi connectivity index (χ2v) is 20.8. The molecule has 0 aliphatic rings. The van der Waals surface area contributed by atoms with E-state index >= 15 is 0 Å². The molecule has 13 rings (SSSR count). The predicted molar refractivity (Wildman–Crippen MR) is 342 cm³/mol. The zero-order valence-corrected chi connectivity index (χ0v) is 47.4. The van der Waals surface area contributed by atoms with Crippen molar-refractivity contribution in [2.24, 2.45) is 0 Å². The molecule has 0 saturated heterocycles. The van der Waals surface area contributed by atoms with Gasteiger partial charge in [0, 0.05) is 33.9 Å². The van der Waals surface area contributed by atoms with Gasteiger partial charge in [0.1, 0.15) is 0 Å². The lowest BCUT2D eigenvalue weighted by molar-refractivity contribution is -0.130. The van der Waals surface area contributed by atoms with Crippen molar-refractivity contribution < 1.29 is 19.1 Å². The van der Waals surface area contributed by atoms with Crippen molar-refractivity contribution in [1.82, 2.24) is 33.2 Å². The molecule has 0 atom stereocenters. The van der Waals surface area contributed by atoms with Gasteiger partial charge in [-0.1, -0.05) is 105 Å². The van der Waals surface area contributed by atoms with Crippen LogP contribution in [0.4, 0.5) is 34.1 Å². The molecule has 0 saturated carbocycles. The number of hydrogen-bond acceptors (Lipinski definition) is 17. The molecule has 0 N–H and O–H groups in total. The summed E-state index contributed by atoms with van der Waals surface area (Å²) < 4.78 is 14.6. The number of fused-ring (bicyclic) bond motifs is 4. The van der Waals surface area contributed by atoms with Crippen LogP contribution in [0.5, 0.6) is 11.5 Å². The maximum atomic E-state index is 14.7. The molecule has 0 amide bonds. The quantitative estimate of drug-likeness (QED) is 0.0528. The van der Waals surface area contributed by atoms with Crippen molar-refractivity contribution in [3.63, 3.8) is 0 Å². The van der Waals surface area contributed by atoms with Crippen molar-refractivity contribution in [1.29, 1.82) is 0 Å². The van der Waals surface area contributed by atoms with E-state index < -0.39 is 68.3 Å². The molecule has 5 heterocycles. The van der Waals surface area contributed by atoms with E-state index in [1.807, 2.05) is 121 Å². The minimum atomic E-state index is -1.07. The standard InChI is InChI=1S/C69H43N9O12/c1-6-55-70-68(77-62(83)47-33-43-44(34-48(47)63(77)84)59(80)75(58(43)79)53-31-19-29-51(56(53)89-66(87)37(2)3)73(39-21-11-7-12-22-39)40-23-13-8-14-24-40)72-69(71-55)78-64(85)49-35-45-46(36-50(49)65(78)86)61(82)76(60(45)81)54-32-20-30-52(57(54)90-67(88)38(4)5)74(41-25-15-9-16-26-41)42-27-17-10-18-28-42/h6-36H,1-2,4H2,3,5H3. The zero-order valence-electron chi connectivity index (χ0n) is 47.4. The van der Waals surface area contributed by atoms with E-state index in [9.17, 15) is 47.9 Å². The van der Waals surface area contributed by atoms with Crippen molar-refractivity contribution in [2.75, 3.05) is 9.80 Å². The summed E-state index contributed by atoms with van der Waals surface area (Å²) >= 11 is 0. The third kappa shape index (κ3) is 9.08. The van der Waals surface area contributed by atoms with Crippen LogP contribution in [0.1, 0.15) is 19.7 Å². The lowest BCUT2D eigenvalue weighted by atomic mass is 10.1. The third-order valence-corrected chi connectivity index (χ3v) is 15.0. The molecule has 13 aromatic rings. The van der Waals surface area contributed by atoms with Crippen LogP contribution in [-0.2, 0) is 9.59 Å². The highest BCUT2D eigenvalue weighted by atomic mass is 16.5. The Balaban J connectivity index is 0.921. The molecule has 0 radical (unpaired) electrons. The number of hydrogen-bond donors (Lipinski definition) is 0. The van der Waals surface area contributed by atoms with Gasteiger partial charge >= 0.3 is 11.9 Å². The molecule has 21 nitrogen and oxygen atoms in total. The Morgan fingerprint density at radius 1 is 0.378 bits per heavy atom. The number of carbonyl (C=O) groups excluding carboxylic acids is 2. The van der Waals surface area contributed by atoms with Crippen LogP contribution in [0.3, 0.4) is 0 Å². The molecule has 0 unspecified atom stereocenters. The molecular formula is C69H43N9O12. The Bertz CT molecular complexity index is 5120. The van der Waals surface area contributed by atoms with E-state index in [2.05, 4.69) is 34.7 Å². The van der Waals surface area contributed by atoms with Gasteiger partial charge in [-0.05, 0) is 117 Å². The molecule has 0 aliphatic heterocycles. The summed E-state index contributed by atoms with van der Waals surface area (Å²) in [4.78, 5) is 160. The summed E-state index contributed by atoms with van der Waals surface area (Å²) in [6, 6.07) is 49.8. The maximum absolute atomic E-state index is 14.7. The highest BCUT2D eigenvalue weighted by Crippen LogP contribution is 2.45. The average molecular weight is 1190 g/mol. The van der Waals surface area contributed by atoms with Crippen LogP contribution < -0.4 is 63.7 Å². The first kappa shape index (κ1) is 56.2. The Labute approximate surface area is 505 Å². The van der Waals surface area contributed by atoms with Gasteiger partial charge in [0.25, 0.3) is 44.5 Å². The molecule has 5 aromatic heterocycles. The van der Waals surface area contributed by atoms with E-state index in [0.29, 0.717) is 31.9 Å². The van der Waals surface area contributed by atoms with E-state index in [1.54, 1.807) is 34.1 Å². The molecule has 0 fully saturated rings. The highest BCUT2D eigenvalue weighted by Gasteiger charge is 2.31. The number of carbonyl (C=O) groups is 2. The number of anilines is 6. The fourth-order valence-corrected chi connectivity index (χ4v) is 10.9. The smallest absolute Gasteiger partial charge is 0.338 e. The molecule has 0 bridgehead atoms. The lowest BCUT2D eigenvalue weighted by Gasteiger charge is -2.28. The summed E-state index contributed by atoms with van der Waals surface area (Å²) in [7, 11) is 0. The summed E-state index contributed by atoms with van der Waals surface area (Å²) in [5, 5.41) is -2.52. The first-order valence-corrected chi connectivity index (χ1v) is 27.6. The van der Waals surface area contributed by atoms with Gasteiger partial charge in [-0.15, -0.1) is 0 Å². The SMILES string of the molecule is C=Cc1nc(-n2c(=O)c3cc4c(=O)n(-c5cccc(N(c6ccccc6)c6ccccc6)c5OC(=O)C(=C)C)c(=O)c4cc3c2=O)nc(-n2c(=O)c3cc4c(=O)n(-c5cccc(N(c6ccccc6)c6ccccc6)c5OC(=O)C(=C)C)c(=O)c4cc3c2=O)n1. The van der Waals surface area contributed by atoms with E-state index in [4.69, 9.17) is 9.47 Å². The predicted octanol–water partition coefficient (Wildman–Crippen LogP) is 8.83. The first-order valence-electron chi connectivity index (χ1n) is 27.6. The maximum Gasteiger partial charge on any atom is 0.338 e. The van der Waals surface area contributed by atoms with Gasteiger partial charge in [-0.3, -0.25) is 38.4 Å². The van der Waals surface area contributed by atoms with Gasteiger partial charge < -0.3 is 19.3 Å². The Kier molecular flexibility index (Phi) is 13.7.